The normalized spacial score (nSPS) is 17.2. The van der Waals surface area contributed by atoms with Gasteiger partial charge in [-0.2, -0.15) is 0 Å². The van der Waals surface area contributed by atoms with Gasteiger partial charge in [-0.1, -0.05) is 38.1 Å². The quantitative estimate of drug-likeness (QED) is 0.706. The first-order valence-electron chi connectivity index (χ1n) is 10.3. The van der Waals surface area contributed by atoms with Crippen LogP contribution in [0.3, 0.4) is 0 Å². The van der Waals surface area contributed by atoms with Crippen molar-refractivity contribution < 1.29 is 4.79 Å². The van der Waals surface area contributed by atoms with E-state index in [0.717, 1.165) is 37.2 Å². The Kier molecular flexibility index (Phi) is 7.20. The van der Waals surface area contributed by atoms with Crippen LogP contribution in [0.25, 0.3) is 0 Å². The summed E-state index contributed by atoms with van der Waals surface area (Å²) in [5.41, 5.74) is 3.25. The number of aromatic nitrogens is 1. The molecule has 3 rings (SSSR count). The highest BCUT2D eigenvalue weighted by molar-refractivity contribution is 7.80. The number of anilines is 1. The van der Waals surface area contributed by atoms with Gasteiger partial charge in [0.1, 0.15) is 0 Å². The van der Waals surface area contributed by atoms with Gasteiger partial charge in [0, 0.05) is 25.3 Å². The number of amides is 1. The van der Waals surface area contributed by atoms with Crippen LogP contribution in [0.2, 0.25) is 0 Å². The van der Waals surface area contributed by atoms with Crippen LogP contribution in [0.1, 0.15) is 44.2 Å². The third kappa shape index (κ3) is 6.00. The number of pyridine rings is 1. The summed E-state index contributed by atoms with van der Waals surface area (Å²) >= 11 is 5.51. The van der Waals surface area contributed by atoms with E-state index in [-0.39, 0.29) is 17.9 Å². The maximum Gasteiger partial charge on any atom is 0.227 e. The third-order valence-corrected chi connectivity index (χ3v) is 5.61. The van der Waals surface area contributed by atoms with E-state index in [1.807, 2.05) is 19.1 Å². The van der Waals surface area contributed by atoms with Crippen LogP contribution in [0.15, 0.2) is 48.8 Å². The molecule has 1 saturated heterocycles. The zero-order valence-electron chi connectivity index (χ0n) is 17.4. The van der Waals surface area contributed by atoms with Crippen molar-refractivity contribution in [3.8, 4) is 0 Å². The number of rotatable bonds is 6. The lowest BCUT2D eigenvalue weighted by Crippen LogP contribution is -2.41. The molecule has 1 fully saturated rings. The maximum atomic E-state index is 12.7. The third-order valence-electron chi connectivity index (χ3n) is 5.25. The summed E-state index contributed by atoms with van der Waals surface area (Å²) in [4.78, 5) is 18.9. The molecule has 2 atom stereocenters. The molecule has 0 bridgehead atoms. The van der Waals surface area contributed by atoms with Crippen molar-refractivity contribution in [3.63, 3.8) is 0 Å². The van der Waals surface area contributed by atoms with Crippen LogP contribution in [0.4, 0.5) is 5.69 Å². The Labute approximate surface area is 178 Å². The van der Waals surface area contributed by atoms with Crippen LogP contribution in [-0.2, 0) is 11.2 Å². The molecule has 0 spiro atoms. The monoisotopic (exact) mass is 410 g/mol. The summed E-state index contributed by atoms with van der Waals surface area (Å²) in [6.07, 6.45) is 5.43. The zero-order valence-corrected chi connectivity index (χ0v) is 18.2. The first kappa shape index (κ1) is 21.2. The minimum absolute atomic E-state index is 0.0691. The molecule has 6 heteroatoms. The Morgan fingerprint density at radius 3 is 2.66 bits per heavy atom. The molecule has 0 unspecified atom stereocenters. The van der Waals surface area contributed by atoms with Gasteiger partial charge >= 0.3 is 0 Å². The number of nitrogens with one attached hydrogen (secondary N) is 2. The van der Waals surface area contributed by atoms with Crippen molar-refractivity contribution in [2.45, 2.75) is 45.6 Å². The van der Waals surface area contributed by atoms with E-state index in [4.69, 9.17) is 12.2 Å². The highest BCUT2D eigenvalue weighted by Gasteiger charge is 2.27. The molecule has 1 aliphatic heterocycles. The van der Waals surface area contributed by atoms with Crippen LogP contribution in [0, 0.1) is 5.92 Å². The number of hydrogen-bond acceptors (Lipinski definition) is 3. The summed E-state index contributed by atoms with van der Waals surface area (Å²) in [6.45, 7) is 7.95. The number of likely N-dealkylation sites (tertiary alicyclic amines) is 1. The van der Waals surface area contributed by atoms with Gasteiger partial charge in [-0.3, -0.25) is 9.78 Å². The fraction of sp³-hybridized carbons (Fsp3) is 0.435. The fourth-order valence-corrected chi connectivity index (χ4v) is 3.88. The highest BCUT2D eigenvalue weighted by atomic mass is 32.1. The fourth-order valence-electron chi connectivity index (χ4n) is 3.59. The number of carbonyl (C=O) groups excluding carboxylic acids is 1. The van der Waals surface area contributed by atoms with Crippen LogP contribution in [0.5, 0.6) is 0 Å². The lowest BCUT2D eigenvalue weighted by molar-refractivity contribution is -0.122. The Balaban J connectivity index is 1.50. The molecule has 1 aromatic carbocycles. The van der Waals surface area contributed by atoms with Gasteiger partial charge in [0.25, 0.3) is 0 Å². The summed E-state index contributed by atoms with van der Waals surface area (Å²) in [7, 11) is 0. The predicted molar refractivity (Wildman–Crippen MR) is 122 cm³/mol. The van der Waals surface area contributed by atoms with Crippen molar-refractivity contribution >= 4 is 28.9 Å². The molecule has 2 N–H and O–H groups in total. The Morgan fingerprint density at radius 2 is 2.00 bits per heavy atom. The number of nitrogens with zero attached hydrogens (tertiary/aromatic N) is 2. The van der Waals surface area contributed by atoms with Gasteiger partial charge in [-0.25, -0.2) is 0 Å². The zero-order chi connectivity index (χ0) is 20.8. The van der Waals surface area contributed by atoms with Crippen molar-refractivity contribution in [3.05, 3.63) is 59.9 Å². The lowest BCUT2D eigenvalue weighted by Gasteiger charge is -2.21. The van der Waals surface area contributed by atoms with Crippen molar-refractivity contribution in [2.75, 3.05) is 18.4 Å². The maximum absolute atomic E-state index is 12.7. The molecule has 29 heavy (non-hydrogen) atoms. The second kappa shape index (κ2) is 9.83. The van der Waals surface area contributed by atoms with E-state index >= 15 is 0 Å². The summed E-state index contributed by atoms with van der Waals surface area (Å²) < 4.78 is 0. The molecule has 0 radical (unpaired) electrons. The molecular weight excluding hydrogens is 380 g/mol. The number of benzene rings is 1. The Bertz CT molecular complexity index is 823. The van der Waals surface area contributed by atoms with E-state index in [2.05, 4.69) is 58.6 Å². The molecule has 5 nitrogen and oxygen atoms in total. The minimum atomic E-state index is -0.169. The van der Waals surface area contributed by atoms with Gasteiger partial charge in [-0.15, -0.1) is 0 Å². The number of carbonyl (C=O) groups is 1. The van der Waals surface area contributed by atoms with E-state index in [0.29, 0.717) is 11.0 Å². The number of thiocarbonyl (C=S) groups is 1. The second-order valence-corrected chi connectivity index (χ2v) is 8.56. The number of hydrogen-bond donors (Lipinski definition) is 2. The van der Waals surface area contributed by atoms with E-state index in [9.17, 15) is 4.79 Å². The molecule has 154 valence electrons. The van der Waals surface area contributed by atoms with Gasteiger partial charge in [0.15, 0.2) is 5.11 Å². The largest absolute Gasteiger partial charge is 0.351 e. The Morgan fingerprint density at radius 1 is 1.24 bits per heavy atom. The highest BCUT2D eigenvalue weighted by Crippen LogP contribution is 2.19. The van der Waals surface area contributed by atoms with Crippen LogP contribution >= 0.6 is 12.2 Å². The van der Waals surface area contributed by atoms with Crippen molar-refractivity contribution in [1.29, 1.82) is 0 Å². The summed E-state index contributed by atoms with van der Waals surface area (Å²) in [5, 5.41) is 7.07. The summed E-state index contributed by atoms with van der Waals surface area (Å²) in [5.74, 6) is 0.530. The van der Waals surface area contributed by atoms with E-state index < -0.39 is 0 Å². The molecule has 2 heterocycles. The van der Waals surface area contributed by atoms with Crippen molar-refractivity contribution in [1.82, 2.24) is 15.2 Å². The molecule has 1 aromatic heterocycles. The second-order valence-electron chi connectivity index (χ2n) is 8.17. The van der Waals surface area contributed by atoms with E-state index in [1.165, 1.54) is 5.56 Å². The molecular formula is C23H30N4OS. The molecule has 0 aliphatic carbocycles. The standard InChI is InChI=1S/C23H30N4OS/c1-16(2)13-18-6-8-19(9-7-18)17(3)22(28)25-21-10-12-27(15-21)23(29)26-20-5-4-11-24-14-20/h4-9,11,14,16-17,21H,10,12-13,15H2,1-3H3,(H,25,28)(H,26,29)/t17-,21-/m0/s1. The molecule has 1 aliphatic rings. The predicted octanol–water partition coefficient (Wildman–Crippen LogP) is 3.97. The average Bonchev–Trinajstić information content (AvgIpc) is 3.17. The molecule has 2 aromatic rings. The summed E-state index contributed by atoms with van der Waals surface area (Å²) in [6, 6.07) is 12.3. The van der Waals surface area contributed by atoms with Crippen molar-refractivity contribution in [2.24, 2.45) is 5.92 Å². The minimum Gasteiger partial charge on any atom is -0.351 e. The smallest absolute Gasteiger partial charge is 0.227 e. The van der Waals surface area contributed by atoms with Gasteiger partial charge in [0.05, 0.1) is 17.8 Å². The average molecular weight is 411 g/mol. The molecule has 1 amide bonds. The first-order chi connectivity index (χ1) is 13.9. The first-order valence-corrected chi connectivity index (χ1v) is 10.7. The van der Waals surface area contributed by atoms with Crippen LogP contribution in [-0.4, -0.2) is 40.0 Å². The SMILES string of the molecule is CC(C)Cc1ccc([C@H](C)C(=O)N[C@H]2CCN(C(=S)Nc3cccnc3)C2)cc1. The topological polar surface area (TPSA) is 57.3 Å². The lowest BCUT2D eigenvalue weighted by atomic mass is 9.96. The Hall–Kier alpha value is -2.47. The van der Waals surface area contributed by atoms with E-state index in [1.54, 1.807) is 12.4 Å². The van der Waals surface area contributed by atoms with Crippen LogP contribution < -0.4 is 10.6 Å². The van der Waals surface area contributed by atoms with Gasteiger partial charge in [0.2, 0.25) is 5.91 Å². The molecule has 0 saturated carbocycles. The van der Waals surface area contributed by atoms with Gasteiger partial charge < -0.3 is 15.5 Å². The van der Waals surface area contributed by atoms with Gasteiger partial charge in [-0.05, 0) is 61.2 Å².